The summed E-state index contributed by atoms with van der Waals surface area (Å²) in [6.07, 6.45) is 6.85. The molecule has 0 bridgehead atoms. The Hall–Kier alpha value is -1.72. The summed E-state index contributed by atoms with van der Waals surface area (Å²) in [6, 6.07) is 14.6. The lowest BCUT2D eigenvalue weighted by atomic mass is 9.85. The van der Waals surface area contributed by atoms with Gasteiger partial charge >= 0.3 is 0 Å². The summed E-state index contributed by atoms with van der Waals surface area (Å²) in [5.74, 6) is 0.727. The molecule has 1 aromatic heterocycles. The van der Waals surface area contributed by atoms with E-state index in [0.717, 1.165) is 21.9 Å². The molecule has 4 rings (SSSR count). The molecule has 0 radical (unpaired) electrons. The lowest BCUT2D eigenvalue weighted by Crippen LogP contribution is -2.48. The number of amides is 1. The monoisotopic (exact) mass is 384 g/mol. The zero-order valence-corrected chi connectivity index (χ0v) is 16.6. The van der Waals surface area contributed by atoms with E-state index in [-0.39, 0.29) is 11.4 Å². The molecule has 0 spiro atoms. The molecule has 1 aliphatic carbocycles. The van der Waals surface area contributed by atoms with Gasteiger partial charge in [0.15, 0.2) is 5.50 Å². The van der Waals surface area contributed by atoms with Crippen molar-refractivity contribution in [3.05, 3.63) is 57.6 Å². The van der Waals surface area contributed by atoms with Crippen LogP contribution in [-0.2, 0) is 4.79 Å². The highest BCUT2D eigenvalue weighted by molar-refractivity contribution is 8.05. The number of nitrogens with zero attached hydrogens (tertiary/aromatic N) is 1. The van der Waals surface area contributed by atoms with Crippen molar-refractivity contribution in [3.8, 4) is 0 Å². The standard InChI is InChI=1S/C21H24N2OS2/c1-15-8-5-6-12-18(15)23-20(24)19(14-17-11-7-13-25-17)26-21(23)22-16-9-3-2-4-10-16/h2-4,7,9-11,13-15,18,21-22H,5-6,8,12H2,1H3/b19-14-/t15-,18-,21?/m1/s1. The number of thioether (sulfide) groups is 1. The van der Waals surface area contributed by atoms with Gasteiger partial charge in [-0.05, 0) is 48.4 Å². The van der Waals surface area contributed by atoms with Gasteiger partial charge in [-0.3, -0.25) is 4.79 Å². The molecule has 1 saturated carbocycles. The maximum absolute atomic E-state index is 13.3. The Morgan fingerprint density at radius 1 is 1.12 bits per heavy atom. The minimum Gasteiger partial charge on any atom is -0.356 e. The van der Waals surface area contributed by atoms with Crippen LogP contribution in [0.15, 0.2) is 52.7 Å². The Labute approximate surface area is 163 Å². The molecule has 1 N–H and O–H groups in total. The summed E-state index contributed by atoms with van der Waals surface area (Å²) < 4.78 is 0. The van der Waals surface area contributed by atoms with Gasteiger partial charge in [0.1, 0.15) is 0 Å². The molecule has 1 unspecified atom stereocenters. The summed E-state index contributed by atoms with van der Waals surface area (Å²) in [6.45, 7) is 2.29. The largest absolute Gasteiger partial charge is 0.356 e. The van der Waals surface area contributed by atoms with Gasteiger partial charge in [0.25, 0.3) is 5.91 Å². The Balaban J connectivity index is 1.63. The number of benzene rings is 1. The van der Waals surface area contributed by atoms with E-state index in [1.165, 1.54) is 19.3 Å². The van der Waals surface area contributed by atoms with Crippen molar-refractivity contribution in [1.29, 1.82) is 0 Å². The summed E-state index contributed by atoms with van der Waals surface area (Å²) in [5.41, 5.74) is 1.02. The summed E-state index contributed by atoms with van der Waals surface area (Å²) in [7, 11) is 0. The molecule has 1 aromatic carbocycles. The highest BCUT2D eigenvalue weighted by atomic mass is 32.2. The van der Waals surface area contributed by atoms with Crippen molar-refractivity contribution < 1.29 is 4.79 Å². The first-order valence-corrected chi connectivity index (χ1v) is 11.0. The maximum atomic E-state index is 13.3. The number of anilines is 1. The van der Waals surface area contributed by atoms with Gasteiger partial charge in [-0.15, -0.1) is 11.3 Å². The second kappa shape index (κ2) is 7.89. The third-order valence-electron chi connectivity index (χ3n) is 5.24. The molecule has 2 fully saturated rings. The highest BCUT2D eigenvalue weighted by Crippen LogP contribution is 2.42. The van der Waals surface area contributed by atoms with E-state index in [1.807, 2.05) is 30.3 Å². The van der Waals surface area contributed by atoms with Crippen LogP contribution in [0.25, 0.3) is 6.08 Å². The average molecular weight is 385 g/mol. The topological polar surface area (TPSA) is 32.3 Å². The Kier molecular flexibility index (Phi) is 5.36. The van der Waals surface area contributed by atoms with E-state index in [0.29, 0.717) is 12.0 Å². The molecule has 3 nitrogen and oxygen atoms in total. The van der Waals surface area contributed by atoms with Crippen molar-refractivity contribution in [1.82, 2.24) is 4.90 Å². The van der Waals surface area contributed by atoms with Crippen molar-refractivity contribution in [2.75, 3.05) is 5.32 Å². The Bertz CT molecular complexity index is 773. The normalized spacial score (nSPS) is 27.9. The third-order valence-corrected chi connectivity index (χ3v) is 7.17. The van der Waals surface area contributed by atoms with Crippen molar-refractivity contribution in [3.63, 3.8) is 0 Å². The number of rotatable bonds is 4. The first-order valence-electron chi connectivity index (χ1n) is 9.28. The molecule has 2 aromatic rings. The quantitative estimate of drug-likeness (QED) is 0.693. The minimum atomic E-state index is -0.0401. The van der Waals surface area contributed by atoms with E-state index >= 15 is 0 Å². The molecule has 5 heteroatoms. The average Bonchev–Trinajstić information content (AvgIpc) is 3.26. The molecule has 2 heterocycles. The van der Waals surface area contributed by atoms with Crippen LogP contribution in [0.5, 0.6) is 0 Å². The van der Waals surface area contributed by atoms with Crippen molar-refractivity contribution in [2.45, 2.75) is 44.1 Å². The smallest absolute Gasteiger partial charge is 0.263 e. The highest BCUT2D eigenvalue weighted by Gasteiger charge is 2.42. The number of para-hydroxylation sites is 1. The number of thiophene rings is 1. The fourth-order valence-corrected chi connectivity index (χ4v) is 5.80. The number of carbonyl (C=O) groups excluding carboxylic acids is 1. The van der Waals surface area contributed by atoms with Gasteiger partial charge in [-0.2, -0.15) is 0 Å². The van der Waals surface area contributed by atoms with Crippen LogP contribution in [0.2, 0.25) is 0 Å². The second-order valence-electron chi connectivity index (χ2n) is 7.05. The predicted molar refractivity (Wildman–Crippen MR) is 112 cm³/mol. The van der Waals surface area contributed by atoms with E-state index in [2.05, 4.69) is 40.7 Å². The molecule has 136 valence electrons. The van der Waals surface area contributed by atoms with Gasteiger partial charge in [0, 0.05) is 16.6 Å². The van der Waals surface area contributed by atoms with Crippen LogP contribution < -0.4 is 5.32 Å². The van der Waals surface area contributed by atoms with Crippen molar-refractivity contribution >= 4 is 40.8 Å². The third kappa shape index (κ3) is 3.69. The lowest BCUT2D eigenvalue weighted by molar-refractivity contribution is -0.129. The SMILES string of the molecule is C[C@@H]1CCCC[C@H]1N1C(=O)/C(=C/c2cccs2)SC1Nc1ccccc1. The summed E-state index contributed by atoms with van der Waals surface area (Å²) in [4.78, 5) is 17.4. The van der Waals surface area contributed by atoms with Gasteiger partial charge < -0.3 is 10.2 Å². The van der Waals surface area contributed by atoms with Gasteiger partial charge in [-0.25, -0.2) is 0 Å². The molecule has 3 atom stereocenters. The van der Waals surface area contributed by atoms with Gasteiger partial charge in [0.2, 0.25) is 0 Å². The van der Waals surface area contributed by atoms with Crippen LogP contribution in [-0.4, -0.2) is 22.3 Å². The fraction of sp³-hybridized carbons (Fsp3) is 0.381. The van der Waals surface area contributed by atoms with E-state index < -0.39 is 0 Å². The fourth-order valence-electron chi connectivity index (χ4n) is 3.87. The van der Waals surface area contributed by atoms with E-state index in [1.54, 1.807) is 23.1 Å². The second-order valence-corrected chi connectivity index (χ2v) is 9.15. The molecule has 2 aliphatic rings. The van der Waals surface area contributed by atoms with E-state index in [9.17, 15) is 4.79 Å². The van der Waals surface area contributed by atoms with Crippen LogP contribution in [0, 0.1) is 5.92 Å². The first-order chi connectivity index (χ1) is 12.7. The summed E-state index contributed by atoms with van der Waals surface area (Å²) >= 11 is 3.32. The van der Waals surface area contributed by atoms with Crippen LogP contribution in [0.3, 0.4) is 0 Å². The molecular weight excluding hydrogens is 360 g/mol. The first kappa shape index (κ1) is 17.7. The number of hydrogen-bond acceptors (Lipinski definition) is 4. The zero-order valence-electron chi connectivity index (χ0n) is 14.9. The van der Waals surface area contributed by atoms with Gasteiger partial charge in [-0.1, -0.05) is 55.8 Å². The molecule has 1 saturated heterocycles. The lowest BCUT2D eigenvalue weighted by Gasteiger charge is -2.39. The number of hydrogen-bond donors (Lipinski definition) is 1. The van der Waals surface area contributed by atoms with Gasteiger partial charge in [0.05, 0.1) is 4.91 Å². The zero-order chi connectivity index (χ0) is 17.9. The molecule has 1 amide bonds. The molecule has 1 aliphatic heterocycles. The van der Waals surface area contributed by atoms with Crippen LogP contribution >= 0.6 is 23.1 Å². The number of nitrogens with one attached hydrogen (secondary N) is 1. The summed E-state index contributed by atoms with van der Waals surface area (Å²) in [5, 5.41) is 5.63. The number of carbonyl (C=O) groups is 1. The van der Waals surface area contributed by atoms with Crippen LogP contribution in [0.4, 0.5) is 5.69 Å². The Morgan fingerprint density at radius 3 is 2.65 bits per heavy atom. The predicted octanol–water partition coefficient (Wildman–Crippen LogP) is 5.64. The molecule has 26 heavy (non-hydrogen) atoms. The maximum Gasteiger partial charge on any atom is 0.263 e. The van der Waals surface area contributed by atoms with Crippen LogP contribution in [0.1, 0.15) is 37.5 Å². The minimum absolute atomic E-state index is 0.0401. The van der Waals surface area contributed by atoms with E-state index in [4.69, 9.17) is 0 Å². The Morgan fingerprint density at radius 2 is 1.92 bits per heavy atom. The van der Waals surface area contributed by atoms with Crippen molar-refractivity contribution in [2.24, 2.45) is 5.92 Å². The molecular formula is C21H24N2OS2.